The molecule has 1 aliphatic heterocycles. The number of aromatic nitrogens is 4. The van der Waals surface area contributed by atoms with E-state index in [4.69, 9.17) is 9.47 Å². The smallest absolute Gasteiger partial charge is 0.262 e. The summed E-state index contributed by atoms with van der Waals surface area (Å²) in [4.78, 5) is 32.0. The summed E-state index contributed by atoms with van der Waals surface area (Å²) >= 11 is 1.15. The molecular formula is C22H19N5O4S. The maximum atomic E-state index is 12.4. The van der Waals surface area contributed by atoms with Gasteiger partial charge in [-0.3, -0.25) is 9.59 Å². The molecule has 0 saturated carbocycles. The van der Waals surface area contributed by atoms with Crippen LogP contribution in [-0.4, -0.2) is 50.7 Å². The minimum Gasteiger partial charge on any atom is -0.486 e. The third-order valence-electron chi connectivity index (χ3n) is 4.85. The van der Waals surface area contributed by atoms with E-state index in [-0.39, 0.29) is 23.3 Å². The first kappa shape index (κ1) is 20.1. The molecule has 0 radical (unpaired) electrons. The first-order valence-corrected chi connectivity index (χ1v) is 11.0. The van der Waals surface area contributed by atoms with E-state index in [9.17, 15) is 9.59 Å². The highest BCUT2D eigenvalue weighted by Gasteiger charge is 2.21. The average Bonchev–Trinajstić information content (AvgIpc) is 3.26. The Labute approximate surface area is 186 Å². The van der Waals surface area contributed by atoms with E-state index >= 15 is 0 Å². The van der Waals surface area contributed by atoms with Crippen molar-refractivity contribution in [1.29, 1.82) is 0 Å². The molecule has 1 atom stereocenters. The predicted octanol–water partition coefficient (Wildman–Crippen LogP) is 2.16. The molecule has 1 aliphatic rings. The van der Waals surface area contributed by atoms with Gasteiger partial charge in [-0.1, -0.05) is 42.1 Å². The lowest BCUT2D eigenvalue weighted by Gasteiger charge is -2.26. The van der Waals surface area contributed by atoms with Gasteiger partial charge in [0.1, 0.15) is 18.1 Å². The Bertz CT molecular complexity index is 1320. The van der Waals surface area contributed by atoms with Gasteiger partial charge in [-0.2, -0.15) is 5.10 Å². The number of carbonyl (C=O) groups excluding carboxylic acids is 1. The first-order valence-electron chi connectivity index (χ1n) is 9.99. The number of aromatic amines is 1. The SMILES string of the molecule is O=C(CSc1nc2c(cnn2-c2ccccc2)c(=O)[nH]1)NCC1COc2ccccc2O1. The summed E-state index contributed by atoms with van der Waals surface area (Å²) < 4.78 is 13.1. The lowest BCUT2D eigenvalue weighted by molar-refractivity contribution is -0.119. The number of carbonyl (C=O) groups is 1. The van der Waals surface area contributed by atoms with E-state index in [0.717, 1.165) is 17.4 Å². The van der Waals surface area contributed by atoms with Gasteiger partial charge in [-0.25, -0.2) is 9.67 Å². The van der Waals surface area contributed by atoms with E-state index in [0.29, 0.717) is 40.8 Å². The first-order chi connectivity index (χ1) is 15.7. The van der Waals surface area contributed by atoms with Gasteiger partial charge in [0.25, 0.3) is 5.56 Å². The van der Waals surface area contributed by atoms with E-state index in [1.54, 1.807) is 4.68 Å². The molecule has 0 fully saturated rings. The third kappa shape index (κ3) is 4.17. The van der Waals surface area contributed by atoms with Crippen LogP contribution in [0, 0.1) is 0 Å². The number of thioether (sulfide) groups is 1. The van der Waals surface area contributed by atoms with Gasteiger partial charge in [0.15, 0.2) is 22.3 Å². The van der Waals surface area contributed by atoms with Crippen molar-refractivity contribution in [2.75, 3.05) is 18.9 Å². The van der Waals surface area contributed by atoms with Crippen LogP contribution >= 0.6 is 11.8 Å². The van der Waals surface area contributed by atoms with Crippen molar-refractivity contribution in [1.82, 2.24) is 25.1 Å². The zero-order chi connectivity index (χ0) is 21.9. The Morgan fingerprint density at radius 3 is 2.78 bits per heavy atom. The summed E-state index contributed by atoms with van der Waals surface area (Å²) in [6, 6.07) is 16.9. The van der Waals surface area contributed by atoms with E-state index in [1.807, 2.05) is 54.6 Å². The van der Waals surface area contributed by atoms with Crippen molar-refractivity contribution in [3.63, 3.8) is 0 Å². The largest absolute Gasteiger partial charge is 0.486 e. The van der Waals surface area contributed by atoms with Crippen molar-refractivity contribution in [2.45, 2.75) is 11.3 Å². The van der Waals surface area contributed by atoms with Crippen molar-refractivity contribution in [2.24, 2.45) is 0 Å². The number of fused-ring (bicyclic) bond motifs is 2. The van der Waals surface area contributed by atoms with Crippen LogP contribution < -0.4 is 20.3 Å². The molecule has 5 rings (SSSR count). The number of rotatable bonds is 6. The van der Waals surface area contributed by atoms with E-state index < -0.39 is 0 Å². The number of nitrogens with one attached hydrogen (secondary N) is 2. The lowest BCUT2D eigenvalue weighted by atomic mass is 10.2. The molecule has 10 heteroatoms. The molecule has 1 amide bonds. The van der Waals surface area contributed by atoms with Gasteiger partial charge < -0.3 is 19.8 Å². The Kier molecular flexibility index (Phi) is 5.51. The normalized spacial score (nSPS) is 14.9. The monoisotopic (exact) mass is 449 g/mol. The molecular weight excluding hydrogens is 430 g/mol. The van der Waals surface area contributed by atoms with Crippen LogP contribution in [0.15, 0.2) is 70.7 Å². The van der Waals surface area contributed by atoms with Gasteiger partial charge in [0.05, 0.1) is 24.2 Å². The van der Waals surface area contributed by atoms with Gasteiger partial charge in [-0.05, 0) is 24.3 Å². The van der Waals surface area contributed by atoms with Gasteiger partial charge in [0.2, 0.25) is 5.91 Å². The molecule has 3 heterocycles. The number of H-pyrrole nitrogens is 1. The van der Waals surface area contributed by atoms with Crippen LogP contribution in [0.4, 0.5) is 0 Å². The topological polar surface area (TPSA) is 111 Å². The molecule has 4 aromatic rings. The van der Waals surface area contributed by atoms with Crippen LogP contribution in [0.5, 0.6) is 11.5 Å². The fourth-order valence-corrected chi connectivity index (χ4v) is 3.99. The quantitative estimate of drug-likeness (QED) is 0.343. The molecule has 0 bridgehead atoms. The second-order valence-corrected chi connectivity index (χ2v) is 8.05. The maximum absolute atomic E-state index is 12.4. The van der Waals surface area contributed by atoms with Crippen LogP contribution in [0.2, 0.25) is 0 Å². The molecule has 9 nitrogen and oxygen atoms in total. The number of nitrogens with zero attached hydrogens (tertiary/aromatic N) is 3. The van der Waals surface area contributed by atoms with Crippen LogP contribution in [0.25, 0.3) is 16.7 Å². The van der Waals surface area contributed by atoms with Crippen molar-refractivity contribution in [3.8, 4) is 17.2 Å². The fraction of sp³-hybridized carbons (Fsp3) is 0.182. The number of benzene rings is 2. The predicted molar refractivity (Wildman–Crippen MR) is 120 cm³/mol. The summed E-state index contributed by atoms with van der Waals surface area (Å²) in [5, 5.41) is 7.85. The number of ether oxygens (including phenoxy) is 2. The van der Waals surface area contributed by atoms with Crippen molar-refractivity contribution in [3.05, 3.63) is 71.1 Å². The molecule has 1 unspecified atom stereocenters. The highest BCUT2D eigenvalue weighted by molar-refractivity contribution is 7.99. The fourth-order valence-electron chi connectivity index (χ4n) is 3.30. The Morgan fingerprint density at radius 1 is 1.16 bits per heavy atom. The van der Waals surface area contributed by atoms with Gasteiger partial charge in [0, 0.05) is 0 Å². The zero-order valence-corrected chi connectivity index (χ0v) is 17.7. The summed E-state index contributed by atoms with van der Waals surface area (Å²) in [6.07, 6.45) is 1.22. The second-order valence-electron chi connectivity index (χ2n) is 7.09. The molecule has 0 saturated heterocycles. The third-order valence-corrected chi connectivity index (χ3v) is 5.72. The number of hydrogen-bond donors (Lipinski definition) is 2. The van der Waals surface area contributed by atoms with Gasteiger partial charge in [-0.15, -0.1) is 0 Å². The van der Waals surface area contributed by atoms with Crippen molar-refractivity contribution >= 4 is 28.7 Å². The molecule has 0 spiro atoms. The summed E-state index contributed by atoms with van der Waals surface area (Å²) in [5.41, 5.74) is 0.936. The summed E-state index contributed by atoms with van der Waals surface area (Å²) in [7, 11) is 0. The molecule has 2 aromatic heterocycles. The van der Waals surface area contributed by atoms with Crippen molar-refractivity contribution < 1.29 is 14.3 Å². The van der Waals surface area contributed by atoms with Crippen LogP contribution in [-0.2, 0) is 4.79 Å². The Balaban J connectivity index is 1.22. The number of amides is 1. The highest BCUT2D eigenvalue weighted by Crippen LogP contribution is 2.30. The van der Waals surface area contributed by atoms with Crippen LogP contribution in [0.1, 0.15) is 0 Å². The molecule has 162 valence electrons. The zero-order valence-electron chi connectivity index (χ0n) is 16.9. The highest BCUT2D eigenvalue weighted by atomic mass is 32.2. The molecule has 2 aromatic carbocycles. The summed E-state index contributed by atoms with van der Waals surface area (Å²) in [6.45, 7) is 0.678. The Hall–Kier alpha value is -3.79. The van der Waals surface area contributed by atoms with E-state index in [2.05, 4.69) is 20.4 Å². The maximum Gasteiger partial charge on any atom is 0.262 e. The van der Waals surface area contributed by atoms with Gasteiger partial charge >= 0.3 is 0 Å². The summed E-state index contributed by atoms with van der Waals surface area (Å²) in [5.74, 6) is 1.26. The minimum atomic E-state index is -0.300. The minimum absolute atomic E-state index is 0.0953. The molecule has 0 aliphatic carbocycles. The number of para-hydroxylation sites is 3. The Morgan fingerprint density at radius 2 is 1.94 bits per heavy atom. The van der Waals surface area contributed by atoms with Crippen LogP contribution in [0.3, 0.4) is 0 Å². The number of hydrogen-bond acceptors (Lipinski definition) is 7. The molecule has 2 N–H and O–H groups in total. The average molecular weight is 449 g/mol. The standard InChI is InChI=1S/C22H19N5O4S/c28-19(23-10-15-12-30-17-8-4-5-9-18(17)31-15)13-32-22-25-20-16(21(29)26-22)11-24-27(20)14-6-2-1-3-7-14/h1-9,11,15H,10,12-13H2,(H,23,28)(H,25,26,29). The molecule has 32 heavy (non-hydrogen) atoms. The van der Waals surface area contributed by atoms with E-state index in [1.165, 1.54) is 6.20 Å². The lowest BCUT2D eigenvalue weighted by Crippen LogP contribution is -2.41. The second kappa shape index (κ2) is 8.75.